The summed E-state index contributed by atoms with van der Waals surface area (Å²) in [6, 6.07) is 0. The molecule has 0 bridgehead atoms. The predicted molar refractivity (Wildman–Crippen MR) is 72.5 cm³/mol. The van der Waals surface area contributed by atoms with Gasteiger partial charge in [-0.15, -0.1) is 0 Å². The summed E-state index contributed by atoms with van der Waals surface area (Å²) >= 11 is 0. The highest BCUT2D eigenvalue weighted by Gasteiger charge is 2.38. The average Bonchev–Trinajstić information content (AvgIpc) is 2.60. The first-order valence-electron chi connectivity index (χ1n) is 6.94. The van der Waals surface area contributed by atoms with E-state index in [4.69, 9.17) is 9.47 Å². The molecule has 0 amide bonds. The second-order valence-corrected chi connectivity index (χ2v) is 7.27. The Morgan fingerprint density at radius 1 is 0.789 bits per heavy atom. The molecule has 2 unspecified atom stereocenters. The highest BCUT2D eigenvalue weighted by molar-refractivity contribution is 5.77. The van der Waals surface area contributed by atoms with Crippen LogP contribution in [0.5, 0.6) is 0 Å². The van der Waals surface area contributed by atoms with Crippen molar-refractivity contribution in [1.29, 1.82) is 0 Å². The summed E-state index contributed by atoms with van der Waals surface area (Å²) in [5, 5.41) is 0. The van der Waals surface area contributed by atoms with Crippen LogP contribution in [0.15, 0.2) is 0 Å². The van der Waals surface area contributed by atoms with Crippen LogP contribution < -0.4 is 0 Å². The highest BCUT2D eigenvalue weighted by Crippen LogP contribution is 2.34. The van der Waals surface area contributed by atoms with Crippen molar-refractivity contribution >= 4 is 11.9 Å². The van der Waals surface area contributed by atoms with Crippen LogP contribution in [0.1, 0.15) is 60.8 Å². The molecule has 0 aromatic rings. The van der Waals surface area contributed by atoms with Crippen LogP contribution in [-0.4, -0.2) is 23.1 Å². The zero-order valence-corrected chi connectivity index (χ0v) is 12.9. The van der Waals surface area contributed by atoms with Gasteiger partial charge in [-0.3, -0.25) is 9.59 Å². The van der Waals surface area contributed by atoms with Gasteiger partial charge in [0.15, 0.2) is 0 Å². The maximum absolute atomic E-state index is 11.9. The Labute approximate surface area is 115 Å². The van der Waals surface area contributed by atoms with Gasteiger partial charge in [-0.1, -0.05) is 0 Å². The summed E-state index contributed by atoms with van der Waals surface area (Å²) in [4.78, 5) is 23.9. The Hall–Kier alpha value is -1.06. The van der Waals surface area contributed by atoms with Gasteiger partial charge in [0.05, 0.1) is 11.8 Å². The van der Waals surface area contributed by atoms with Gasteiger partial charge in [0.1, 0.15) is 11.2 Å². The molecular formula is C15H26O4. The molecule has 1 aliphatic carbocycles. The van der Waals surface area contributed by atoms with E-state index in [1.165, 1.54) is 0 Å². The third-order valence-corrected chi connectivity index (χ3v) is 2.91. The van der Waals surface area contributed by atoms with Crippen LogP contribution in [0.2, 0.25) is 0 Å². The molecule has 1 saturated carbocycles. The third kappa shape index (κ3) is 5.62. The largest absolute Gasteiger partial charge is 0.460 e. The van der Waals surface area contributed by atoms with Gasteiger partial charge < -0.3 is 9.47 Å². The minimum absolute atomic E-state index is 0.170. The van der Waals surface area contributed by atoms with Gasteiger partial charge in [0, 0.05) is 0 Å². The highest BCUT2D eigenvalue weighted by atomic mass is 16.6. The van der Waals surface area contributed by atoms with E-state index in [1.54, 1.807) is 0 Å². The standard InChI is InChI=1S/C15H26O4/c1-14(2,3)18-12(16)10-7-8-11(9-10)13(17)19-15(4,5)6/h10-11H,7-9H2,1-6H3. The molecule has 0 aliphatic heterocycles. The SMILES string of the molecule is CC(C)(C)OC(=O)C1CCC(C(=O)OC(C)(C)C)C1. The molecule has 0 saturated heterocycles. The maximum atomic E-state index is 11.9. The van der Waals surface area contributed by atoms with Crippen LogP contribution in [0.3, 0.4) is 0 Å². The molecule has 1 aliphatic rings. The fourth-order valence-corrected chi connectivity index (χ4v) is 2.18. The summed E-state index contributed by atoms with van der Waals surface area (Å²) in [7, 11) is 0. The summed E-state index contributed by atoms with van der Waals surface area (Å²) in [6.07, 6.45) is 1.96. The molecule has 1 fully saturated rings. The Bertz CT molecular complexity index is 312. The molecule has 0 aromatic carbocycles. The van der Waals surface area contributed by atoms with Crippen molar-refractivity contribution in [2.75, 3.05) is 0 Å². The summed E-state index contributed by atoms with van der Waals surface area (Å²) in [5.41, 5.74) is -0.942. The van der Waals surface area contributed by atoms with Gasteiger partial charge in [-0.25, -0.2) is 0 Å². The van der Waals surface area contributed by atoms with Crippen LogP contribution in [-0.2, 0) is 19.1 Å². The minimum Gasteiger partial charge on any atom is -0.460 e. The molecule has 2 atom stereocenters. The van der Waals surface area contributed by atoms with Crippen LogP contribution >= 0.6 is 0 Å². The topological polar surface area (TPSA) is 52.6 Å². The van der Waals surface area contributed by atoms with E-state index in [0.29, 0.717) is 19.3 Å². The molecule has 0 N–H and O–H groups in total. The van der Waals surface area contributed by atoms with Crippen molar-refractivity contribution in [2.45, 2.75) is 72.0 Å². The fourth-order valence-electron chi connectivity index (χ4n) is 2.18. The molecule has 1 rings (SSSR count). The van der Waals surface area contributed by atoms with Crippen molar-refractivity contribution in [2.24, 2.45) is 11.8 Å². The Kier molecular flexibility index (Phi) is 4.64. The summed E-state index contributed by atoms with van der Waals surface area (Å²) < 4.78 is 10.7. The van der Waals surface area contributed by atoms with E-state index < -0.39 is 11.2 Å². The first-order valence-corrected chi connectivity index (χ1v) is 6.94. The molecule has 0 spiro atoms. The normalized spacial score (nSPS) is 24.1. The number of ether oxygens (including phenoxy) is 2. The summed E-state index contributed by atoms with van der Waals surface area (Å²) in [6.45, 7) is 11.1. The molecular weight excluding hydrogens is 244 g/mol. The molecule has 4 heteroatoms. The van der Waals surface area contributed by atoms with Gasteiger partial charge >= 0.3 is 11.9 Å². The molecule has 19 heavy (non-hydrogen) atoms. The van der Waals surface area contributed by atoms with Crippen molar-refractivity contribution < 1.29 is 19.1 Å². The molecule has 0 aromatic heterocycles. The van der Waals surface area contributed by atoms with Gasteiger partial charge in [0.2, 0.25) is 0 Å². The number of rotatable bonds is 2. The summed E-state index contributed by atoms with van der Waals surface area (Å²) in [5.74, 6) is -0.731. The quantitative estimate of drug-likeness (QED) is 0.724. The first kappa shape index (κ1) is 16.0. The average molecular weight is 270 g/mol. The molecule has 4 nitrogen and oxygen atoms in total. The monoisotopic (exact) mass is 270 g/mol. The van der Waals surface area contributed by atoms with Crippen LogP contribution in [0.4, 0.5) is 0 Å². The van der Waals surface area contributed by atoms with E-state index in [0.717, 1.165) is 0 Å². The van der Waals surface area contributed by atoms with E-state index in [2.05, 4.69) is 0 Å². The predicted octanol–water partition coefficient (Wildman–Crippen LogP) is 3.09. The molecule has 110 valence electrons. The number of hydrogen-bond acceptors (Lipinski definition) is 4. The lowest BCUT2D eigenvalue weighted by Crippen LogP contribution is -2.29. The zero-order chi connectivity index (χ0) is 14.8. The van der Waals surface area contributed by atoms with E-state index >= 15 is 0 Å². The van der Waals surface area contributed by atoms with Gasteiger partial charge in [0.25, 0.3) is 0 Å². The third-order valence-electron chi connectivity index (χ3n) is 2.91. The number of esters is 2. The minimum atomic E-state index is -0.471. The lowest BCUT2D eigenvalue weighted by Gasteiger charge is -2.23. The van der Waals surface area contributed by atoms with E-state index in [1.807, 2.05) is 41.5 Å². The van der Waals surface area contributed by atoms with Crippen molar-refractivity contribution in [1.82, 2.24) is 0 Å². The van der Waals surface area contributed by atoms with Crippen LogP contribution in [0.25, 0.3) is 0 Å². The molecule has 0 heterocycles. The zero-order valence-electron chi connectivity index (χ0n) is 12.9. The number of carbonyl (C=O) groups excluding carboxylic acids is 2. The lowest BCUT2D eigenvalue weighted by atomic mass is 10.0. The van der Waals surface area contributed by atoms with Gasteiger partial charge in [-0.05, 0) is 60.8 Å². The Morgan fingerprint density at radius 2 is 1.11 bits per heavy atom. The van der Waals surface area contributed by atoms with Crippen LogP contribution in [0, 0.1) is 11.8 Å². The Balaban J connectivity index is 2.50. The van der Waals surface area contributed by atoms with Crippen molar-refractivity contribution in [3.05, 3.63) is 0 Å². The number of hydrogen-bond donors (Lipinski definition) is 0. The second-order valence-electron chi connectivity index (χ2n) is 7.27. The smallest absolute Gasteiger partial charge is 0.309 e. The van der Waals surface area contributed by atoms with Crippen molar-refractivity contribution in [3.8, 4) is 0 Å². The van der Waals surface area contributed by atoms with Gasteiger partial charge in [-0.2, -0.15) is 0 Å². The first-order chi connectivity index (χ1) is 8.48. The van der Waals surface area contributed by atoms with Crippen molar-refractivity contribution in [3.63, 3.8) is 0 Å². The second kappa shape index (κ2) is 5.51. The maximum Gasteiger partial charge on any atom is 0.309 e. The van der Waals surface area contributed by atoms with E-state index in [-0.39, 0.29) is 23.8 Å². The Morgan fingerprint density at radius 3 is 1.37 bits per heavy atom. The van der Waals surface area contributed by atoms with E-state index in [9.17, 15) is 9.59 Å². The number of carbonyl (C=O) groups is 2. The fraction of sp³-hybridized carbons (Fsp3) is 0.867. The molecule has 0 radical (unpaired) electrons. The lowest BCUT2D eigenvalue weighted by molar-refractivity contribution is -0.161.